The van der Waals surface area contributed by atoms with Crippen LogP contribution in [0, 0.1) is 0 Å². The van der Waals surface area contributed by atoms with Gasteiger partial charge >= 0.3 is 0 Å². The summed E-state index contributed by atoms with van der Waals surface area (Å²) in [5.41, 5.74) is 3.21. The molecular formula is C24H27ClN2O2. The van der Waals surface area contributed by atoms with Crippen molar-refractivity contribution in [1.29, 1.82) is 0 Å². The van der Waals surface area contributed by atoms with Crippen molar-refractivity contribution in [3.8, 4) is 0 Å². The molecule has 29 heavy (non-hydrogen) atoms. The highest BCUT2D eigenvalue weighted by Gasteiger charge is 2.15. The van der Waals surface area contributed by atoms with Crippen LogP contribution in [0.5, 0.6) is 0 Å². The Balaban J connectivity index is 1.61. The molecule has 0 aliphatic rings. The maximum absolute atomic E-state index is 12.7. The third kappa shape index (κ3) is 6.21. The quantitative estimate of drug-likeness (QED) is 0.463. The van der Waals surface area contributed by atoms with Crippen molar-refractivity contribution in [2.45, 2.75) is 33.0 Å². The van der Waals surface area contributed by atoms with Gasteiger partial charge in [-0.15, -0.1) is 0 Å². The van der Waals surface area contributed by atoms with Gasteiger partial charge in [0.2, 0.25) is 5.91 Å². The minimum atomic E-state index is 0.00766. The fourth-order valence-electron chi connectivity index (χ4n) is 3.24. The molecule has 5 heteroatoms. The molecule has 1 heterocycles. The molecule has 3 rings (SSSR count). The zero-order valence-electron chi connectivity index (χ0n) is 16.8. The Morgan fingerprint density at radius 2 is 1.79 bits per heavy atom. The minimum absolute atomic E-state index is 0.00766. The lowest BCUT2D eigenvalue weighted by atomic mass is 10.2. The number of ether oxygens (including phenoxy) is 1. The highest BCUT2D eigenvalue weighted by molar-refractivity contribution is 6.31. The van der Waals surface area contributed by atoms with Crippen LogP contribution in [0.2, 0.25) is 5.02 Å². The molecular weight excluding hydrogens is 384 g/mol. The normalized spacial score (nSPS) is 10.8. The number of hydrogen-bond donors (Lipinski definition) is 0. The van der Waals surface area contributed by atoms with E-state index in [0.29, 0.717) is 26.2 Å². The summed E-state index contributed by atoms with van der Waals surface area (Å²) in [6.45, 7) is 4.54. The van der Waals surface area contributed by atoms with Crippen LogP contribution >= 0.6 is 11.6 Å². The Morgan fingerprint density at radius 3 is 2.55 bits per heavy atom. The summed E-state index contributed by atoms with van der Waals surface area (Å²) < 4.78 is 7.79. The van der Waals surface area contributed by atoms with Crippen molar-refractivity contribution in [2.24, 2.45) is 0 Å². The standard InChI is InChI=1S/C24H27ClN2O2/c1-2-14-27(24(28)19-29-18-20-9-4-3-5-10-20)17-22-12-8-15-26(22)16-21-11-6-7-13-23(21)25/h3-13,15H,2,14,16-19H2,1H3. The Labute approximate surface area is 177 Å². The van der Waals surface area contributed by atoms with E-state index in [-0.39, 0.29) is 12.5 Å². The molecule has 0 aliphatic carbocycles. The zero-order valence-corrected chi connectivity index (χ0v) is 17.5. The monoisotopic (exact) mass is 410 g/mol. The van der Waals surface area contributed by atoms with Gasteiger partial charge in [-0.3, -0.25) is 4.79 Å². The molecule has 0 bridgehead atoms. The first-order chi connectivity index (χ1) is 14.2. The van der Waals surface area contributed by atoms with Crippen LogP contribution in [-0.4, -0.2) is 28.5 Å². The maximum Gasteiger partial charge on any atom is 0.248 e. The van der Waals surface area contributed by atoms with Crippen LogP contribution in [0.15, 0.2) is 72.9 Å². The van der Waals surface area contributed by atoms with E-state index in [2.05, 4.69) is 17.6 Å². The van der Waals surface area contributed by atoms with Crippen LogP contribution in [0.3, 0.4) is 0 Å². The second-order valence-corrected chi connectivity index (χ2v) is 7.42. The van der Waals surface area contributed by atoms with Crippen LogP contribution in [0.4, 0.5) is 0 Å². The van der Waals surface area contributed by atoms with Crippen molar-refractivity contribution in [3.05, 3.63) is 94.8 Å². The molecule has 0 radical (unpaired) electrons. The van der Waals surface area contributed by atoms with Gasteiger partial charge in [0, 0.05) is 30.0 Å². The lowest BCUT2D eigenvalue weighted by molar-refractivity contribution is -0.137. The van der Waals surface area contributed by atoms with E-state index in [9.17, 15) is 4.79 Å². The maximum atomic E-state index is 12.7. The molecule has 0 unspecified atom stereocenters. The summed E-state index contributed by atoms with van der Waals surface area (Å²) in [4.78, 5) is 14.6. The van der Waals surface area contributed by atoms with Crippen molar-refractivity contribution in [2.75, 3.05) is 13.2 Å². The van der Waals surface area contributed by atoms with Gasteiger partial charge < -0.3 is 14.2 Å². The van der Waals surface area contributed by atoms with Crippen molar-refractivity contribution < 1.29 is 9.53 Å². The largest absolute Gasteiger partial charge is 0.367 e. The average molecular weight is 411 g/mol. The third-order valence-corrected chi connectivity index (χ3v) is 5.13. The predicted octanol–water partition coefficient (Wildman–Crippen LogP) is 5.15. The number of benzene rings is 2. The summed E-state index contributed by atoms with van der Waals surface area (Å²) in [5.74, 6) is 0.00766. The van der Waals surface area contributed by atoms with Crippen LogP contribution < -0.4 is 0 Å². The molecule has 0 saturated heterocycles. The highest BCUT2D eigenvalue weighted by atomic mass is 35.5. The number of aromatic nitrogens is 1. The van der Waals surface area contributed by atoms with E-state index in [0.717, 1.165) is 28.3 Å². The first-order valence-electron chi connectivity index (χ1n) is 9.94. The Kier molecular flexibility index (Phi) is 7.91. The number of rotatable bonds is 10. The summed E-state index contributed by atoms with van der Waals surface area (Å²) >= 11 is 6.31. The second-order valence-electron chi connectivity index (χ2n) is 7.01. The topological polar surface area (TPSA) is 34.5 Å². The Hall–Kier alpha value is -2.56. The lowest BCUT2D eigenvalue weighted by Crippen LogP contribution is -2.35. The first kappa shape index (κ1) is 21.2. The SMILES string of the molecule is CCCN(Cc1cccn1Cc1ccccc1Cl)C(=O)COCc1ccccc1. The molecule has 1 aromatic heterocycles. The van der Waals surface area contributed by atoms with Gasteiger partial charge in [-0.05, 0) is 35.7 Å². The molecule has 152 valence electrons. The van der Waals surface area contributed by atoms with Gasteiger partial charge in [0.25, 0.3) is 0 Å². The van der Waals surface area contributed by atoms with Crippen molar-refractivity contribution >= 4 is 17.5 Å². The molecule has 1 amide bonds. The molecule has 0 spiro atoms. The summed E-state index contributed by atoms with van der Waals surface area (Å²) in [7, 11) is 0. The average Bonchev–Trinajstić information content (AvgIpc) is 3.17. The minimum Gasteiger partial charge on any atom is -0.367 e. The molecule has 2 aromatic carbocycles. The van der Waals surface area contributed by atoms with Gasteiger partial charge in [-0.1, -0.05) is 67.1 Å². The van der Waals surface area contributed by atoms with E-state index < -0.39 is 0 Å². The number of carbonyl (C=O) groups is 1. The second kappa shape index (κ2) is 10.8. The first-order valence-corrected chi connectivity index (χ1v) is 10.3. The van der Waals surface area contributed by atoms with E-state index in [4.69, 9.17) is 16.3 Å². The van der Waals surface area contributed by atoms with E-state index >= 15 is 0 Å². The van der Waals surface area contributed by atoms with Gasteiger partial charge in [0.05, 0.1) is 13.2 Å². The van der Waals surface area contributed by atoms with Gasteiger partial charge in [-0.25, -0.2) is 0 Å². The van der Waals surface area contributed by atoms with Crippen LogP contribution in [0.1, 0.15) is 30.2 Å². The van der Waals surface area contributed by atoms with Crippen LogP contribution in [0.25, 0.3) is 0 Å². The number of halogens is 1. The molecule has 3 aromatic rings. The van der Waals surface area contributed by atoms with Crippen LogP contribution in [-0.2, 0) is 29.2 Å². The fraction of sp³-hybridized carbons (Fsp3) is 0.292. The van der Waals surface area contributed by atoms with Crippen molar-refractivity contribution in [3.63, 3.8) is 0 Å². The molecule has 0 atom stereocenters. The number of hydrogen-bond acceptors (Lipinski definition) is 2. The molecule has 0 aliphatic heterocycles. The Morgan fingerprint density at radius 1 is 1.03 bits per heavy atom. The van der Waals surface area contributed by atoms with Gasteiger partial charge in [0.1, 0.15) is 6.61 Å². The third-order valence-electron chi connectivity index (χ3n) is 4.76. The predicted molar refractivity (Wildman–Crippen MR) is 117 cm³/mol. The molecule has 0 saturated carbocycles. The summed E-state index contributed by atoms with van der Waals surface area (Å²) in [5, 5.41) is 0.753. The van der Waals surface area contributed by atoms with E-state index in [1.54, 1.807) is 0 Å². The van der Waals surface area contributed by atoms with Crippen molar-refractivity contribution in [1.82, 2.24) is 9.47 Å². The van der Waals surface area contributed by atoms with Gasteiger partial charge in [0.15, 0.2) is 0 Å². The van der Waals surface area contributed by atoms with E-state index in [1.165, 1.54) is 0 Å². The van der Waals surface area contributed by atoms with E-state index in [1.807, 2.05) is 71.8 Å². The molecule has 0 N–H and O–H groups in total. The Bertz CT molecular complexity index is 908. The lowest BCUT2D eigenvalue weighted by Gasteiger charge is -2.23. The number of nitrogens with zero attached hydrogens (tertiary/aromatic N) is 2. The zero-order chi connectivity index (χ0) is 20.5. The fourth-order valence-corrected chi connectivity index (χ4v) is 3.43. The number of amides is 1. The molecule has 0 fully saturated rings. The van der Waals surface area contributed by atoms with Gasteiger partial charge in [-0.2, -0.15) is 0 Å². The smallest absolute Gasteiger partial charge is 0.248 e. The highest BCUT2D eigenvalue weighted by Crippen LogP contribution is 2.18. The number of carbonyl (C=O) groups excluding carboxylic acids is 1. The molecule has 4 nitrogen and oxygen atoms in total. The summed E-state index contributed by atoms with van der Waals surface area (Å²) in [6, 6.07) is 21.8. The summed E-state index contributed by atoms with van der Waals surface area (Å²) in [6.07, 6.45) is 2.93.